The maximum Gasteiger partial charge on any atom is 0.336 e. The molecule has 8 heteroatoms. The molecule has 0 aliphatic carbocycles. The van der Waals surface area contributed by atoms with E-state index in [1.807, 2.05) is 30.3 Å². The summed E-state index contributed by atoms with van der Waals surface area (Å²) >= 11 is 1.57. The molecule has 1 saturated heterocycles. The molecule has 0 bridgehead atoms. The van der Waals surface area contributed by atoms with Crippen molar-refractivity contribution < 1.29 is 9.15 Å². The van der Waals surface area contributed by atoms with Crippen LogP contribution in [-0.4, -0.2) is 41.1 Å². The summed E-state index contributed by atoms with van der Waals surface area (Å²) in [5.74, 6) is 1.37. The lowest BCUT2D eigenvalue weighted by Crippen LogP contribution is -2.37. The smallest absolute Gasteiger partial charge is 0.336 e. The maximum atomic E-state index is 12.4. The summed E-state index contributed by atoms with van der Waals surface area (Å²) in [5.41, 5.74) is 3.35. The van der Waals surface area contributed by atoms with Gasteiger partial charge in [0.1, 0.15) is 5.58 Å². The van der Waals surface area contributed by atoms with Crippen molar-refractivity contribution in [1.29, 1.82) is 0 Å². The zero-order valence-electron chi connectivity index (χ0n) is 19.3. The number of thioether (sulfide) groups is 1. The molecular weight excluding hydrogens is 460 g/mol. The van der Waals surface area contributed by atoms with Crippen molar-refractivity contribution in [1.82, 2.24) is 14.8 Å². The second kappa shape index (κ2) is 9.20. The first-order valence-corrected chi connectivity index (χ1v) is 12.6. The lowest BCUT2D eigenvalue weighted by molar-refractivity contribution is 0.122. The number of morpholine rings is 1. The predicted molar refractivity (Wildman–Crippen MR) is 139 cm³/mol. The van der Waals surface area contributed by atoms with Crippen molar-refractivity contribution in [3.8, 4) is 5.69 Å². The average Bonchev–Trinajstić information content (AvgIpc) is 3.31. The Morgan fingerprint density at radius 1 is 0.971 bits per heavy atom. The fraction of sp³-hybridized carbons (Fsp3) is 0.222. The van der Waals surface area contributed by atoms with Crippen molar-refractivity contribution >= 4 is 39.5 Å². The van der Waals surface area contributed by atoms with E-state index in [9.17, 15) is 4.79 Å². The van der Waals surface area contributed by atoms with Gasteiger partial charge in [-0.15, -0.1) is 10.2 Å². The third-order valence-electron chi connectivity index (χ3n) is 6.24. The topological polar surface area (TPSA) is 73.4 Å². The molecule has 1 aliphatic heterocycles. The van der Waals surface area contributed by atoms with E-state index in [0.717, 1.165) is 51.6 Å². The molecule has 0 N–H and O–H groups in total. The van der Waals surface area contributed by atoms with E-state index in [-0.39, 0.29) is 5.63 Å². The highest BCUT2D eigenvalue weighted by atomic mass is 32.2. The molecule has 7 nitrogen and oxygen atoms in total. The molecule has 6 rings (SSSR count). The second-order valence-electron chi connectivity index (χ2n) is 8.60. The first-order valence-electron chi connectivity index (χ1n) is 11.6. The van der Waals surface area contributed by atoms with Crippen LogP contribution in [0, 0.1) is 6.92 Å². The van der Waals surface area contributed by atoms with Gasteiger partial charge in [0.2, 0.25) is 5.95 Å². The number of aryl methyl sites for hydroxylation is 1. The maximum absolute atomic E-state index is 12.4. The Kier molecular flexibility index (Phi) is 5.75. The molecule has 0 spiro atoms. The minimum Gasteiger partial charge on any atom is -0.423 e. The van der Waals surface area contributed by atoms with Gasteiger partial charge < -0.3 is 14.1 Å². The molecule has 3 aromatic carbocycles. The van der Waals surface area contributed by atoms with Crippen molar-refractivity contribution in [2.75, 3.05) is 31.2 Å². The Bertz CT molecular complexity index is 1590. The van der Waals surface area contributed by atoms with E-state index in [2.05, 4.69) is 56.9 Å². The quantitative estimate of drug-likeness (QED) is 0.198. The van der Waals surface area contributed by atoms with Gasteiger partial charge in [0.25, 0.3) is 0 Å². The number of aromatic nitrogens is 3. The molecule has 1 aliphatic rings. The van der Waals surface area contributed by atoms with Crippen LogP contribution in [0.3, 0.4) is 0 Å². The zero-order chi connectivity index (χ0) is 23.8. The Morgan fingerprint density at radius 2 is 1.83 bits per heavy atom. The van der Waals surface area contributed by atoms with Crippen LogP contribution in [0.2, 0.25) is 0 Å². The lowest BCUT2D eigenvalue weighted by atomic mass is 10.0. The summed E-state index contributed by atoms with van der Waals surface area (Å²) in [7, 11) is 0. The standard InChI is InChI=1S/C27H24N4O3S/c1-18-5-4-7-21(15-18)31-26(30-11-13-33-14-12-30)28-29-27(31)35-17-20-16-24(32)34-23-10-9-19-6-2-3-8-22(19)25(20)23/h2-10,15-16H,11-14,17H2,1H3. The van der Waals surface area contributed by atoms with Crippen molar-refractivity contribution in [2.24, 2.45) is 0 Å². The normalized spacial score (nSPS) is 14.1. The number of ether oxygens (including phenoxy) is 1. The van der Waals surface area contributed by atoms with E-state index >= 15 is 0 Å². The van der Waals surface area contributed by atoms with Gasteiger partial charge in [-0.1, -0.05) is 54.2 Å². The summed E-state index contributed by atoms with van der Waals surface area (Å²) in [6, 6.07) is 21.9. The van der Waals surface area contributed by atoms with Crippen LogP contribution in [0.4, 0.5) is 5.95 Å². The van der Waals surface area contributed by atoms with Crippen molar-refractivity contribution in [2.45, 2.75) is 17.8 Å². The fourth-order valence-electron chi connectivity index (χ4n) is 4.59. The highest BCUT2D eigenvalue weighted by Crippen LogP contribution is 2.33. The van der Waals surface area contributed by atoms with Gasteiger partial charge in [-0.2, -0.15) is 0 Å². The Balaban J connectivity index is 1.43. The molecule has 0 unspecified atom stereocenters. The van der Waals surface area contributed by atoms with E-state index in [1.165, 1.54) is 5.56 Å². The monoisotopic (exact) mass is 484 g/mol. The Hall–Kier alpha value is -3.62. The third-order valence-corrected chi connectivity index (χ3v) is 7.22. The van der Waals surface area contributed by atoms with Crippen LogP contribution >= 0.6 is 11.8 Å². The summed E-state index contributed by atoms with van der Waals surface area (Å²) in [5, 5.41) is 13.1. The second-order valence-corrected chi connectivity index (χ2v) is 9.54. The number of fused-ring (bicyclic) bond motifs is 3. The molecule has 2 aromatic heterocycles. The number of anilines is 1. The third kappa shape index (κ3) is 4.19. The van der Waals surface area contributed by atoms with Crippen LogP contribution in [-0.2, 0) is 10.5 Å². The van der Waals surface area contributed by atoms with E-state index in [4.69, 9.17) is 9.15 Å². The van der Waals surface area contributed by atoms with Gasteiger partial charge in [0.05, 0.1) is 18.9 Å². The average molecular weight is 485 g/mol. The Labute approximate surface area is 206 Å². The lowest BCUT2D eigenvalue weighted by Gasteiger charge is -2.28. The Morgan fingerprint density at radius 3 is 2.69 bits per heavy atom. The summed E-state index contributed by atoms with van der Waals surface area (Å²) in [6.07, 6.45) is 0. The van der Waals surface area contributed by atoms with Crippen LogP contribution < -0.4 is 10.5 Å². The van der Waals surface area contributed by atoms with Crippen molar-refractivity contribution in [3.05, 3.63) is 88.3 Å². The molecule has 0 amide bonds. The fourth-order valence-corrected chi connectivity index (χ4v) is 5.52. The number of nitrogens with zero attached hydrogens (tertiary/aromatic N) is 4. The molecule has 3 heterocycles. The van der Waals surface area contributed by atoms with Crippen LogP contribution in [0.25, 0.3) is 27.4 Å². The van der Waals surface area contributed by atoms with Gasteiger partial charge in [-0.3, -0.25) is 4.57 Å². The molecule has 1 fully saturated rings. The molecule has 35 heavy (non-hydrogen) atoms. The molecule has 0 saturated carbocycles. The predicted octanol–water partition coefficient (Wildman–Crippen LogP) is 4.96. The molecular formula is C27H24N4O3S. The van der Waals surface area contributed by atoms with Crippen LogP contribution in [0.5, 0.6) is 0 Å². The van der Waals surface area contributed by atoms with E-state index < -0.39 is 0 Å². The van der Waals surface area contributed by atoms with Gasteiger partial charge in [-0.25, -0.2) is 4.79 Å². The van der Waals surface area contributed by atoms with E-state index in [0.29, 0.717) is 24.5 Å². The summed E-state index contributed by atoms with van der Waals surface area (Å²) in [6.45, 7) is 4.95. The van der Waals surface area contributed by atoms with Crippen LogP contribution in [0.1, 0.15) is 11.1 Å². The molecule has 0 radical (unpaired) electrons. The summed E-state index contributed by atoms with van der Waals surface area (Å²) in [4.78, 5) is 14.6. The number of rotatable bonds is 5. The zero-order valence-corrected chi connectivity index (χ0v) is 20.1. The minimum absolute atomic E-state index is 0.350. The van der Waals surface area contributed by atoms with Gasteiger partial charge >= 0.3 is 5.63 Å². The molecule has 5 aromatic rings. The van der Waals surface area contributed by atoms with E-state index in [1.54, 1.807) is 17.8 Å². The largest absolute Gasteiger partial charge is 0.423 e. The molecule has 0 atom stereocenters. The SMILES string of the molecule is Cc1cccc(-n2c(SCc3cc(=O)oc4ccc5ccccc5c34)nnc2N2CCOCC2)c1. The number of hydrogen-bond acceptors (Lipinski definition) is 7. The minimum atomic E-state index is -0.350. The first-order chi connectivity index (χ1) is 17.2. The van der Waals surface area contributed by atoms with Crippen molar-refractivity contribution in [3.63, 3.8) is 0 Å². The highest BCUT2D eigenvalue weighted by molar-refractivity contribution is 7.98. The van der Waals surface area contributed by atoms with Gasteiger partial charge in [-0.05, 0) is 47.0 Å². The molecule has 176 valence electrons. The van der Waals surface area contributed by atoms with Gasteiger partial charge in [0.15, 0.2) is 5.16 Å². The highest BCUT2D eigenvalue weighted by Gasteiger charge is 2.22. The van der Waals surface area contributed by atoms with Crippen LogP contribution in [0.15, 0.2) is 81.1 Å². The first kappa shape index (κ1) is 21.9. The summed E-state index contributed by atoms with van der Waals surface area (Å²) < 4.78 is 13.2. The number of hydrogen-bond donors (Lipinski definition) is 0. The number of benzene rings is 3. The van der Waals surface area contributed by atoms with Gasteiger partial charge in [0, 0.05) is 30.3 Å².